The van der Waals surface area contributed by atoms with E-state index in [0.717, 1.165) is 22.3 Å². The molecule has 1 N–H and O–H groups in total. The highest BCUT2D eigenvalue weighted by Gasteiger charge is 2.28. The van der Waals surface area contributed by atoms with Gasteiger partial charge in [-0.3, -0.25) is 4.79 Å². The molecule has 0 aliphatic heterocycles. The van der Waals surface area contributed by atoms with Crippen LogP contribution in [-0.2, 0) is 11.2 Å². The summed E-state index contributed by atoms with van der Waals surface area (Å²) < 4.78 is 22.7. The Labute approximate surface area is 189 Å². The van der Waals surface area contributed by atoms with Crippen LogP contribution in [0.4, 0.5) is 4.79 Å². The predicted octanol–water partition coefficient (Wildman–Crippen LogP) is 4.65. The van der Waals surface area contributed by atoms with Crippen LogP contribution in [0.25, 0.3) is 11.1 Å². The molecule has 1 aliphatic rings. The van der Waals surface area contributed by atoms with E-state index in [1.807, 2.05) is 51.1 Å². The summed E-state index contributed by atoms with van der Waals surface area (Å²) in [5, 5.41) is 2.62. The first-order valence-corrected chi connectivity index (χ1v) is 10.7. The van der Waals surface area contributed by atoms with Crippen molar-refractivity contribution in [3.63, 3.8) is 0 Å². The Morgan fingerprint density at radius 1 is 0.969 bits per heavy atom. The van der Waals surface area contributed by atoms with Gasteiger partial charge in [-0.2, -0.15) is 0 Å². The molecule has 0 saturated carbocycles. The second kappa shape index (κ2) is 9.94. The Morgan fingerprint density at radius 3 is 2.41 bits per heavy atom. The maximum atomic E-state index is 12.3. The molecule has 32 heavy (non-hydrogen) atoms. The largest absolute Gasteiger partial charge is 0.493 e. The first kappa shape index (κ1) is 23.4. The number of carbonyl (C=O) groups excluding carboxylic acids is 2. The number of alkyl carbamates (subject to hydrolysis) is 1. The number of nitrogens with one attached hydrogen (secondary N) is 1. The van der Waals surface area contributed by atoms with E-state index in [0.29, 0.717) is 36.6 Å². The van der Waals surface area contributed by atoms with Gasteiger partial charge in [-0.25, -0.2) is 4.79 Å². The molecule has 1 aliphatic carbocycles. The fourth-order valence-corrected chi connectivity index (χ4v) is 3.76. The third kappa shape index (κ3) is 4.98. The van der Waals surface area contributed by atoms with Gasteiger partial charge in [0.1, 0.15) is 6.61 Å². The lowest BCUT2D eigenvalue weighted by Gasteiger charge is -2.26. The van der Waals surface area contributed by atoms with Gasteiger partial charge in [0.2, 0.25) is 5.75 Å². The Morgan fingerprint density at radius 2 is 1.72 bits per heavy atom. The zero-order valence-electron chi connectivity index (χ0n) is 19.4. The summed E-state index contributed by atoms with van der Waals surface area (Å²) in [6, 6.07) is 9.52. The van der Waals surface area contributed by atoms with Crippen LogP contribution in [0.15, 0.2) is 30.3 Å². The van der Waals surface area contributed by atoms with Gasteiger partial charge in [0, 0.05) is 29.5 Å². The molecule has 0 aromatic heterocycles. The van der Waals surface area contributed by atoms with Gasteiger partial charge in [0.05, 0.1) is 20.8 Å². The molecule has 172 valence electrons. The fourth-order valence-electron chi connectivity index (χ4n) is 3.76. The number of amides is 1. The first-order chi connectivity index (χ1) is 15.3. The molecule has 0 unspecified atom stereocenters. The molecule has 0 spiro atoms. The van der Waals surface area contributed by atoms with Crippen molar-refractivity contribution in [1.29, 1.82) is 0 Å². The minimum atomic E-state index is -0.454. The minimum Gasteiger partial charge on any atom is -0.493 e. The topological polar surface area (TPSA) is 83.1 Å². The van der Waals surface area contributed by atoms with Crippen molar-refractivity contribution < 1.29 is 28.5 Å². The monoisotopic (exact) mass is 441 g/mol. The molecule has 1 amide bonds. The molecule has 0 atom stereocenters. The SMILES string of the molecule is CCNC(=O)OCC(C)(C)COc1c(-c2cccc3c2CCC3=O)ccc(OC)c1OC. The quantitative estimate of drug-likeness (QED) is 0.610. The lowest BCUT2D eigenvalue weighted by atomic mass is 9.94. The number of fused-ring (bicyclic) bond motifs is 1. The van der Waals surface area contributed by atoms with Crippen LogP contribution in [0.1, 0.15) is 43.1 Å². The van der Waals surface area contributed by atoms with Crippen molar-refractivity contribution in [2.24, 2.45) is 5.41 Å². The zero-order chi connectivity index (χ0) is 23.3. The third-order valence-corrected chi connectivity index (χ3v) is 5.39. The zero-order valence-corrected chi connectivity index (χ0v) is 19.4. The van der Waals surface area contributed by atoms with Crippen LogP contribution in [0.2, 0.25) is 0 Å². The van der Waals surface area contributed by atoms with E-state index in [9.17, 15) is 9.59 Å². The summed E-state index contributed by atoms with van der Waals surface area (Å²) in [5.41, 5.74) is 3.10. The molecular weight excluding hydrogens is 410 g/mol. The smallest absolute Gasteiger partial charge is 0.407 e. The molecule has 0 fully saturated rings. The maximum Gasteiger partial charge on any atom is 0.407 e. The van der Waals surface area contributed by atoms with Crippen LogP contribution in [0, 0.1) is 5.41 Å². The Bertz CT molecular complexity index is 998. The van der Waals surface area contributed by atoms with Crippen molar-refractivity contribution >= 4 is 11.9 Å². The highest BCUT2D eigenvalue weighted by Crippen LogP contribution is 2.47. The molecule has 0 radical (unpaired) electrons. The van der Waals surface area contributed by atoms with Crippen LogP contribution in [0.3, 0.4) is 0 Å². The fraction of sp³-hybridized carbons (Fsp3) is 0.440. The van der Waals surface area contributed by atoms with Gasteiger partial charge < -0.3 is 24.3 Å². The van der Waals surface area contributed by atoms with Gasteiger partial charge in [-0.05, 0) is 36.6 Å². The van der Waals surface area contributed by atoms with Crippen LogP contribution in [0.5, 0.6) is 17.2 Å². The molecule has 0 saturated heterocycles. The lowest BCUT2D eigenvalue weighted by molar-refractivity contribution is 0.0680. The summed E-state index contributed by atoms with van der Waals surface area (Å²) in [4.78, 5) is 23.9. The van der Waals surface area contributed by atoms with E-state index in [-0.39, 0.29) is 19.0 Å². The first-order valence-electron chi connectivity index (χ1n) is 10.7. The van der Waals surface area contributed by atoms with E-state index in [1.54, 1.807) is 14.2 Å². The van der Waals surface area contributed by atoms with Crippen molar-refractivity contribution in [3.05, 3.63) is 41.5 Å². The molecule has 2 aromatic carbocycles. The second-order valence-electron chi connectivity index (χ2n) is 8.49. The second-order valence-corrected chi connectivity index (χ2v) is 8.49. The van der Waals surface area contributed by atoms with Crippen LogP contribution in [-0.4, -0.2) is 45.9 Å². The van der Waals surface area contributed by atoms with E-state index in [4.69, 9.17) is 18.9 Å². The molecule has 0 heterocycles. The predicted molar refractivity (Wildman–Crippen MR) is 122 cm³/mol. The van der Waals surface area contributed by atoms with E-state index >= 15 is 0 Å². The van der Waals surface area contributed by atoms with Gasteiger partial charge >= 0.3 is 6.09 Å². The lowest BCUT2D eigenvalue weighted by Crippen LogP contribution is -2.32. The van der Waals surface area contributed by atoms with Gasteiger partial charge in [0.15, 0.2) is 17.3 Å². The van der Waals surface area contributed by atoms with Gasteiger partial charge in [0.25, 0.3) is 0 Å². The molecule has 7 nitrogen and oxygen atoms in total. The number of hydrogen-bond acceptors (Lipinski definition) is 6. The highest BCUT2D eigenvalue weighted by atomic mass is 16.6. The van der Waals surface area contributed by atoms with Crippen molar-refractivity contribution in [3.8, 4) is 28.4 Å². The maximum absolute atomic E-state index is 12.3. The molecule has 2 aromatic rings. The van der Waals surface area contributed by atoms with Gasteiger partial charge in [-0.1, -0.05) is 32.0 Å². The Balaban J connectivity index is 1.95. The number of ether oxygens (including phenoxy) is 4. The number of carbonyl (C=O) groups is 2. The summed E-state index contributed by atoms with van der Waals surface area (Å²) in [6.45, 7) is 6.71. The highest BCUT2D eigenvalue weighted by molar-refractivity contribution is 6.02. The number of benzene rings is 2. The Hall–Kier alpha value is -3.22. The average Bonchev–Trinajstić information content (AvgIpc) is 3.17. The molecule has 3 rings (SSSR count). The van der Waals surface area contributed by atoms with E-state index < -0.39 is 11.5 Å². The molecule has 0 bridgehead atoms. The summed E-state index contributed by atoms with van der Waals surface area (Å²) in [7, 11) is 3.14. The van der Waals surface area contributed by atoms with Crippen molar-refractivity contribution in [2.75, 3.05) is 34.0 Å². The summed E-state index contributed by atoms with van der Waals surface area (Å²) in [6.07, 6.45) is 0.758. The number of methoxy groups -OCH3 is 2. The minimum absolute atomic E-state index is 0.161. The number of ketones is 1. The number of Topliss-reactive ketones (excluding diaryl/α,β-unsaturated/α-hetero) is 1. The average molecular weight is 442 g/mol. The van der Waals surface area contributed by atoms with Crippen molar-refractivity contribution in [2.45, 2.75) is 33.6 Å². The summed E-state index contributed by atoms with van der Waals surface area (Å²) in [5.74, 6) is 1.72. The van der Waals surface area contributed by atoms with Crippen LogP contribution >= 0.6 is 0 Å². The van der Waals surface area contributed by atoms with Gasteiger partial charge in [-0.15, -0.1) is 0 Å². The number of rotatable bonds is 9. The molecular formula is C25H31NO6. The summed E-state index contributed by atoms with van der Waals surface area (Å²) >= 11 is 0. The van der Waals surface area contributed by atoms with E-state index in [2.05, 4.69) is 5.32 Å². The number of hydrogen-bond donors (Lipinski definition) is 1. The van der Waals surface area contributed by atoms with Crippen LogP contribution < -0.4 is 19.5 Å². The molecule has 7 heteroatoms. The standard InChI is InChI=1S/C25H31NO6/c1-6-26-24(28)32-15-25(2,3)14-31-22-19(11-13-21(29-4)23(22)30-5)16-8-7-9-18-17(16)10-12-20(18)27/h7-9,11,13H,6,10,12,14-15H2,1-5H3,(H,26,28). The van der Waals surface area contributed by atoms with E-state index in [1.165, 1.54) is 0 Å². The Kier molecular flexibility index (Phi) is 7.28. The normalized spacial score (nSPS) is 12.8. The third-order valence-electron chi connectivity index (χ3n) is 5.39. The van der Waals surface area contributed by atoms with Crippen molar-refractivity contribution in [1.82, 2.24) is 5.32 Å².